The highest BCUT2D eigenvalue weighted by Crippen LogP contribution is 2.19. The van der Waals surface area contributed by atoms with Crippen molar-refractivity contribution in [3.63, 3.8) is 0 Å². The number of nitrogens with zero attached hydrogens (tertiary/aromatic N) is 1. The molecule has 1 aromatic rings. The van der Waals surface area contributed by atoms with Crippen molar-refractivity contribution in [1.29, 1.82) is 0 Å². The summed E-state index contributed by atoms with van der Waals surface area (Å²) >= 11 is 0. The van der Waals surface area contributed by atoms with Crippen LogP contribution < -0.4 is 0 Å². The van der Waals surface area contributed by atoms with Crippen molar-refractivity contribution in [2.45, 2.75) is 40.0 Å². The Hall–Kier alpha value is -0.850. The van der Waals surface area contributed by atoms with Crippen LogP contribution in [0.3, 0.4) is 0 Å². The molecular weight excluding hydrogens is 146 g/mol. The molecule has 0 fully saturated rings. The second-order valence-electron chi connectivity index (χ2n) is 2.97. The van der Waals surface area contributed by atoms with Crippen LogP contribution in [0, 0.1) is 6.92 Å². The van der Waals surface area contributed by atoms with Crippen LogP contribution >= 0.6 is 0 Å². The van der Waals surface area contributed by atoms with Gasteiger partial charge in [0.2, 0.25) is 0 Å². The Kier molecular flexibility index (Phi) is 3.27. The van der Waals surface area contributed by atoms with Gasteiger partial charge in [-0.2, -0.15) is 0 Å². The lowest BCUT2D eigenvalue weighted by molar-refractivity contribution is 0.899. The van der Waals surface area contributed by atoms with Crippen molar-refractivity contribution >= 4 is 0 Å². The van der Waals surface area contributed by atoms with Gasteiger partial charge < -0.3 is 0 Å². The molecule has 0 saturated heterocycles. The fourth-order valence-electron chi connectivity index (χ4n) is 1.55. The number of hydrogen-bond acceptors (Lipinski definition) is 1. The first-order valence-electron chi connectivity index (χ1n) is 4.80. The smallest absolute Gasteiger partial charge is 0.0435 e. The van der Waals surface area contributed by atoms with Gasteiger partial charge in [-0.3, -0.25) is 4.98 Å². The van der Waals surface area contributed by atoms with Crippen LogP contribution in [0.5, 0.6) is 0 Å². The molecule has 0 spiro atoms. The summed E-state index contributed by atoms with van der Waals surface area (Å²) in [5, 5.41) is 0. The van der Waals surface area contributed by atoms with E-state index in [1.165, 1.54) is 36.1 Å². The fraction of sp³-hybridized carbons (Fsp3) is 0.545. The van der Waals surface area contributed by atoms with Gasteiger partial charge in [0.15, 0.2) is 0 Å². The maximum absolute atomic E-state index is 4.36. The number of aromatic nitrogens is 1. The molecule has 1 heteroatoms. The van der Waals surface area contributed by atoms with Crippen LogP contribution in [0.4, 0.5) is 0 Å². The molecule has 1 heterocycles. The van der Waals surface area contributed by atoms with E-state index in [0.29, 0.717) is 0 Å². The Labute approximate surface area is 74.8 Å². The summed E-state index contributed by atoms with van der Waals surface area (Å²) in [7, 11) is 0. The molecule has 1 aliphatic rings. The normalized spacial score (nSPS) is 13.2. The quantitative estimate of drug-likeness (QED) is 0.573. The van der Waals surface area contributed by atoms with Gasteiger partial charge in [-0.25, -0.2) is 0 Å². The maximum atomic E-state index is 4.36. The largest absolute Gasteiger partial charge is 0.261 e. The van der Waals surface area contributed by atoms with E-state index in [4.69, 9.17) is 0 Å². The van der Waals surface area contributed by atoms with Crippen molar-refractivity contribution in [3.8, 4) is 0 Å². The zero-order valence-corrected chi connectivity index (χ0v) is 8.22. The van der Waals surface area contributed by atoms with Gasteiger partial charge in [0, 0.05) is 11.9 Å². The number of hydrogen-bond donors (Lipinski definition) is 0. The summed E-state index contributed by atoms with van der Waals surface area (Å²) < 4.78 is 0. The van der Waals surface area contributed by atoms with Crippen molar-refractivity contribution in [3.05, 3.63) is 29.1 Å². The van der Waals surface area contributed by atoms with Crippen molar-refractivity contribution < 1.29 is 0 Å². The Morgan fingerprint density at radius 2 is 2.00 bits per heavy atom. The first kappa shape index (κ1) is 9.24. The minimum atomic E-state index is 1.19. The van der Waals surface area contributed by atoms with Crippen molar-refractivity contribution in [2.75, 3.05) is 0 Å². The van der Waals surface area contributed by atoms with Gasteiger partial charge >= 0.3 is 0 Å². The van der Waals surface area contributed by atoms with Gasteiger partial charge in [-0.05, 0) is 37.3 Å². The maximum Gasteiger partial charge on any atom is 0.0435 e. The Balaban J connectivity index is 0.000000336. The first-order chi connectivity index (χ1) is 5.86. The topological polar surface area (TPSA) is 12.9 Å². The molecule has 0 saturated carbocycles. The highest BCUT2D eigenvalue weighted by Gasteiger charge is 2.10. The third kappa shape index (κ3) is 1.84. The molecule has 0 bridgehead atoms. The number of pyridine rings is 1. The minimum absolute atomic E-state index is 1.19. The van der Waals surface area contributed by atoms with Gasteiger partial charge in [0.25, 0.3) is 0 Å². The Bertz CT molecular complexity index is 253. The Morgan fingerprint density at radius 1 is 1.25 bits per heavy atom. The zero-order chi connectivity index (χ0) is 8.97. The van der Waals surface area contributed by atoms with E-state index >= 15 is 0 Å². The molecule has 0 atom stereocenters. The van der Waals surface area contributed by atoms with Gasteiger partial charge in [0.1, 0.15) is 0 Å². The highest BCUT2D eigenvalue weighted by molar-refractivity contribution is 5.28. The van der Waals surface area contributed by atoms with Crippen LogP contribution in [0.15, 0.2) is 12.3 Å². The van der Waals surface area contributed by atoms with Crippen LogP contribution in [-0.4, -0.2) is 4.98 Å². The summed E-state index contributed by atoms with van der Waals surface area (Å²) in [6, 6.07) is 2.26. The van der Waals surface area contributed by atoms with Crippen LogP contribution in [0.25, 0.3) is 0 Å². The van der Waals surface area contributed by atoms with Gasteiger partial charge in [-0.1, -0.05) is 19.9 Å². The molecule has 0 aliphatic heterocycles. The number of fused-ring (bicyclic) bond motifs is 1. The zero-order valence-electron chi connectivity index (χ0n) is 8.22. The summed E-state index contributed by atoms with van der Waals surface area (Å²) in [6.07, 6.45) is 5.69. The molecule has 1 aromatic heterocycles. The van der Waals surface area contributed by atoms with Crippen molar-refractivity contribution in [1.82, 2.24) is 4.98 Å². The second-order valence-corrected chi connectivity index (χ2v) is 2.97. The van der Waals surface area contributed by atoms with E-state index in [2.05, 4.69) is 18.0 Å². The molecule has 0 amide bonds. The van der Waals surface area contributed by atoms with E-state index in [-0.39, 0.29) is 0 Å². The average Bonchev–Trinajstić information content (AvgIpc) is 2.54. The lowest BCUT2D eigenvalue weighted by Gasteiger charge is -1.97. The van der Waals surface area contributed by atoms with Crippen LogP contribution in [-0.2, 0) is 12.8 Å². The third-order valence-corrected chi connectivity index (χ3v) is 2.06. The fourth-order valence-corrected chi connectivity index (χ4v) is 1.55. The van der Waals surface area contributed by atoms with Gasteiger partial charge in [0.05, 0.1) is 0 Å². The number of rotatable bonds is 0. The molecule has 1 nitrogen and oxygen atoms in total. The van der Waals surface area contributed by atoms with E-state index in [1.54, 1.807) is 0 Å². The van der Waals surface area contributed by atoms with Crippen LogP contribution in [0.1, 0.15) is 37.1 Å². The molecule has 0 N–H and O–H groups in total. The molecule has 2 rings (SSSR count). The summed E-state index contributed by atoms with van der Waals surface area (Å²) in [5.41, 5.74) is 4.09. The molecule has 0 radical (unpaired) electrons. The predicted octanol–water partition coefficient (Wildman–Crippen LogP) is 2.90. The van der Waals surface area contributed by atoms with Crippen molar-refractivity contribution in [2.24, 2.45) is 0 Å². The third-order valence-electron chi connectivity index (χ3n) is 2.06. The minimum Gasteiger partial charge on any atom is -0.261 e. The summed E-state index contributed by atoms with van der Waals surface area (Å²) in [4.78, 5) is 4.36. The molecule has 12 heavy (non-hydrogen) atoms. The molecule has 0 unspecified atom stereocenters. The molecule has 66 valence electrons. The van der Waals surface area contributed by atoms with Crippen LogP contribution in [0.2, 0.25) is 0 Å². The van der Waals surface area contributed by atoms with E-state index in [0.717, 1.165) is 0 Å². The van der Waals surface area contributed by atoms with E-state index < -0.39 is 0 Å². The first-order valence-corrected chi connectivity index (χ1v) is 4.80. The van der Waals surface area contributed by atoms with E-state index in [9.17, 15) is 0 Å². The number of aryl methyl sites for hydroxylation is 3. The molecular formula is C11H17N. The van der Waals surface area contributed by atoms with Gasteiger partial charge in [-0.15, -0.1) is 0 Å². The molecule has 0 aromatic carbocycles. The Morgan fingerprint density at radius 3 is 2.75 bits per heavy atom. The standard InChI is InChI=1S/C9H11N.C2H6/c1-7-5-8-3-2-4-9(8)10-6-7;1-2/h5-6H,2-4H2,1H3;1-2H3. The predicted molar refractivity (Wildman–Crippen MR) is 52.3 cm³/mol. The highest BCUT2D eigenvalue weighted by atomic mass is 14.7. The average molecular weight is 163 g/mol. The lowest BCUT2D eigenvalue weighted by atomic mass is 10.2. The van der Waals surface area contributed by atoms with E-state index in [1.807, 2.05) is 20.0 Å². The SMILES string of the molecule is CC.Cc1cnc2c(c1)CCC2. The second kappa shape index (κ2) is 4.24. The lowest BCUT2D eigenvalue weighted by Crippen LogP contribution is -1.87. The monoisotopic (exact) mass is 163 g/mol. The molecule has 1 aliphatic carbocycles. The summed E-state index contributed by atoms with van der Waals surface area (Å²) in [5.74, 6) is 0. The summed E-state index contributed by atoms with van der Waals surface area (Å²) in [6.45, 7) is 6.10.